The first-order valence-corrected chi connectivity index (χ1v) is 9.68. The van der Waals surface area contributed by atoms with Crippen LogP contribution in [0.2, 0.25) is 10.0 Å². The molecule has 0 unspecified atom stereocenters. The molecule has 3 heterocycles. The fourth-order valence-corrected chi connectivity index (χ4v) is 3.74. The summed E-state index contributed by atoms with van der Waals surface area (Å²) in [5.74, 6) is -0.327. The van der Waals surface area contributed by atoms with Gasteiger partial charge in [-0.1, -0.05) is 35.3 Å². The lowest BCUT2D eigenvalue weighted by molar-refractivity contribution is 0.628. The van der Waals surface area contributed by atoms with Crippen LogP contribution in [0.5, 0.6) is 0 Å². The Bertz CT molecular complexity index is 1510. The normalized spacial score (nSPS) is 11.5. The Hall–Kier alpha value is -3.29. The average molecular weight is 440 g/mol. The van der Waals surface area contributed by atoms with Gasteiger partial charge < -0.3 is 0 Å². The Morgan fingerprint density at radius 2 is 1.73 bits per heavy atom. The molecule has 0 aliphatic rings. The van der Waals surface area contributed by atoms with Gasteiger partial charge in [-0.3, -0.25) is 9.36 Å². The van der Waals surface area contributed by atoms with Gasteiger partial charge in [-0.05, 0) is 48.9 Å². The monoisotopic (exact) mass is 439 g/mol. The van der Waals surface area contributed by atoms with Crippen molar-refractivity contribution in [3.63, 3.8) is 0 Å². The maximum Gasteiger partial charge on any atom is 0.285 e. The number of hydrogen-bond acceptors (Lipinski definition) is 4. The van der Waals surface area contributed by atoms with Gasteiger partial charge in [-0.2, -0.15) is 5.10 Å². The fourth-order valence-electron chi connectivity index (χ4n) is 3.45. The third kappa shape index (κ3) is 2.86. The van der Waals surface area contributed by atoms with Crippen molar-refractivity contribution >= 4 is 39.9 Å². The Labute approximate surface area is 179 Å². The minimum Gasteiger partial charge on any atom is -0.282 e. The summed E-state index contributed by atoms with van der Waals surface area (Å²) in [4.78, 5) is 13.1. The Morgan fingerprint density at radius 3 is 2.47 bits per heavy atom. The van der Waals surface area contributed by atoms with Crippen LogP contribution in [0.3, 0.4) is 0 Å². The van der Waals surface area contributed by atoms with E-state index >= 15 is 0 Å². The van der Waals surface area contributed by atoms with Crippen molar-refractivity contribution in [3.05, 3.63) is 86.6 Å². The first-order valence-electron chi connectivity index (χ1n) is 8.93. The van der Waals surface area contributed by atoms with Gasteiger partial charge in [0, 0.05) is 6.20 Å². The highest BCUT2D eigenvalue weighted by Gasteiger charge is 2.18. The lowest BCUT2D eigenvalue weighted by atomic mass is 10.1. The molecular formula is C21H12Cl2FN5O. The van der Waals surface area contributed by atoms with Gasteiger partial charge in [-0.15, -0.1) is 10.2 Å². The maximum absolute atomic E-state index is 13.3. The van der Waals surface area contributed by atoms with Crippen LogP contribution >= 0.6 is 23.2 Å². The molecule has 6 nitrogen and oxygen atoms in total. The van der Waals surface area contributed by atoms with Crippen LogP contribution in [0.4, 0.5) is 4.39 Å². The lowest BCUT2D eigenvalue weighted by Crippen LogP contribution is -2.20. The van der Waals surface area contributed by atoms with Crippen LogP contribution in [0.15, 0.2) is 59.5 Å². The van der Waals surface area contributed by atoms with E-state index in [9.17, 15) is 9.18 Å². The number of halogens is 3. The number of hydrogen-bond donors (Lipinski definition) is 0. The Morgan fingerprint density at radius 1 is 0.967 bits per heavy atom. The third-order valence-electron chi connectivity index (χ3n) is 4.87. The first-order chi connectivity index (χ1) is 14.4. The van der Waals surface area contributed by atoms with E-state index in [0.717, 1.165) is 11.1 Å². The number of rotatable bonds is 2. The van der Waals surface area contributed by atoms with E-state index in [2.05, 4.69) is 15.3 Å². The summed E-state index contributed by atoms with van der Waals surface area (Å²) in [5.41, 5.74) is 3.54. The first kappa shape index (κ1) is 18.7. The van der Waals surface area contributed by atoms with E-state index in [0.29, 0.717) is 32.6 Å². The van der Waals surface area contributed by atoms with Crippen molar-refractivity contribution in [2.24, 2.45) is 0 Å². The van der Waals surface area contributed by atoms with Gasteiger partial charge in [0.1, 0.15) is 11.3 Å². The molecule has 0 bridgehead atoms. The molecule has 0 aliphatic carbocycles. The van der Waals surface area contributed by atoms with Crippen LogP contribution in [0.1, 0.15) is 5.69 Å². The van der Waals surface area contributed by atoms with Crippen LogP contribution in [-0.4, -0.2) is 24.4 Å². The SMILES string of the molecule is Cc1nn2c(nnc3c(=O)n(-c4ccc(Cl)c(Cl)c4)ccc32)c1-c1ccc(F)cc1. The fraction of sp³-hybridized carbons (Fsp3) is 0.0476. The summed E-state index contributed by atoms with van der Waals surface area (Å²) >= 11 is 12.1. The molecule has 30 heavy (non-hydrogen) atoms. The molecular weight excluding hydrogens is 428 g/mol. The molecule has 0 fully saturated rings. The van der Waals surface area contributed by atoms with Gasteiger partial charge in [-0.25, -0.2) is 8.91 Å². The summed E-state index contributed by atoms with van der Waals surface area (Å²) in [6.45, 7) is 1.83. The molecule has 0 saturated heterocycles. The zero-order valence-electron chi connectivity index (χ0n) is 15.5. The highest BCUT2D eigenvalue weighted by Crippen LogP contribution is 2.28. The standard InChI is InChI=1S/C21H12Cl2FN5O/c1-11-18(12-2-4-13(24)5-3-12)20-26-25-19-17(29(20)27-11)8-9-28(21(19)30)14-6-7-15(22)16(23)10-14/h2-10H,1H3. The van der Waals surface area contributed by atoms with Crippen molar-refractivity contribution in [1.29, 1.82) is 0 Å². The molecule has 2 aromatic carbocycles. The van der Waals surface area contributed by atoms with E-state index < -0.39 is 0 Å². The van der Waals surface area contributed by atoms with Gasteiger partial charge >= 0.3 is 0 Å². The van der Waals surface area contributed by atoms with Crippen molar-refractivity contribution in [3.8, 4) is 16.8 Å². The molecule has 5 aromatic rings. The van der Waals surface area contributed by atoms with Crippen LogP contribution in [0, 0.1) is 12.7 Å². The zero-order valence-corrected chi connectivity index (χ0v) is 17.0. The topological polar surface area (TPSA) is 65.1 Å². The van der Waals surface area contributed by atoms with Crippen molar-refractivity contribution < 1.29 is 4.39 Å². The van der Waals surface area contributed by atoms with E-state index in [1.54, 1.807) is 47.1 Å². The number of pyridine rings is 1. The summed E-state index contributed by atoms with van der Waals surface area (Å²) < 4.78 is 16.3. The second-order valence-corrected chi connectivity index (χ2v) is 7.54. The number of aryl methyl sites for hydroxylation is 1. The largest absolute Gasteiger partial charge is 0.285 e. The van der Waals surface area contributed by atoms with Crippen molar-refractivity contribution in [2.45, 2.75) is 6.92 Å². The van der Waals surface area contributed by atoms with E-state index in [4.69, 9.17) is 23.2 Å². The molecule has 0 atom stereocenters. The summed E-state index contributed by atoms with van der Waals surface area (Å²) in [7, 11) is 0. The van der Waals surface area contributed by atoms with Crippen LogP contribution < -0.4 is 5.56 Å². The smallest absolute Gasteiger partial charge is 0.282 e. The quantitative estimate of drug-likeness (QED) is 0.394. The van der Waals surface area contributed by atoms with E-state index in [1.165, 1.54) is 16.7 Å². The number of aromatic nitrogens is 5. The summed E-state index contributed by atoms with van der Waals surface area (Å²) in [6.07, 6.45) is 1.62. The molecule has 148 valence electrons. The van der Waals surface area contributed by atoms with Gasteiger partial charge in [0.15, 0.2) is 11.2 Å². The van der Waals surface area contributed by atoms with Gasteiger partial charge in [0.2, 0.25) is 0 Å². The highest BCUT2D eigenvalue weighted by molar-refractivity contribution is 6.42. The predicted molar refractivity (Wildman–Crippen MR) is 114 cm³/mol. The highest BCUT2D eigenvalue weighted by atomic mass is 35.5. The second kappa shape index (κ2) is 6.90. The molecule has 3 aromatic heterocycles. The Kier molecular flexibility index (Phi) is 4.30. The summed E-state index contributed by atoms with van der Waals surface area (Å²) in [5, 5.41) is 13.7. The zero-order chi connectivity index (χ0) is 21.0. The number of fused-ring (bicyclic) bond motifs is 3. The molecule has 0 aliphatic heterocycles. The third-order valence-corrected chi connectivity index (χ3v) is 5.61. The predicted octanol–water partition coefficient (Wildman–Crippen LogP) is 4.85. The molecule has 0 saturated carbocycles. The van der Waals surface area contributed by atoms with Crippen molar-refractivity contribution in [2.75, 3.05) is 0 Å². The van der Waals surface area contributed by atoms with Crippen LogP contribution in [-0.2, 0) is 0 Å². The van der Waals surface area contributed by atoms with E-state index in [-0.39, 0.29) is 16.9 Å². The van der Waals surface area contributed by atoms with Crippen LogP contribution in [0.25, 0.3) is 33.5 Å². The molecule has 9 heteroatoms. The minimum atomic E-state index is -0.364. The summed E-state index contributed by atoms with van der Waals surface area (Å²) in [6, 6.07) is 12.7. The molecule has 0 radical (unpaired) electrons. The minimum absolute atomic E-state index is 0.157. The number of nitrogens with zero attached hydrogens (tertiary/aromatic N) is 5. The van der Waals surface area contributed by atoms with Gasteiger partial charge in [0.05, 0.1) is 27.0 Å². The van der Waals surface area contributed by atoms with Crippen molar-refractivity contribution in [1.82, 2.24) is 24.4 Å². The second-order valence-electron chi connectivity index (χ2n) is 6.73. The average Bonchev–Trinajstić information content (AvgIpc) is 3.07. The lowest BCUT2D eigenvalue weighted by Gasteiger charge is -2.08. The molecule has 0 amide bonds. The maximum atomic E-state index is 13.3. The van der Waals surface area contributed by atoms with Gasteiger partial charge in [0.25, 0.3) is 5.56 Å². The Balaban J connectivity index is 1.74. The van der Waals surface area contributed by atoms with E-state index in [1.807, 2.05) is 6.92 Å². The molecule has 0 spiro atoms. The molecule has 0 N–H and O–H groups in total. The molecule has 5 rings (SSSR count). The number of benzene rings is 2.